The Morgan fingerprint density at radius 1 is 1.50 bits per heavy atom. The van der Waals surface area contributed by atoms with Gasteiger partial charge in [0.15, 0.2) is 0 Å². The summed E-state index contributed by atoms with van der Waals surface area (Å²) < 4.78 is 1.52. The molecule has 2 aromatic rings. The number of hydrogen-bond donors (Lipinski definition) is 1. The van der Waals surface area contributed by atoms with Crippen molar-refractivity contribution in [2.45, 2.75) is 26.8 Å². The molecule has 1 aromatic carbocycles. The van der Waals surface area contributed by atoms with Crippen molar-refractivity contribution in [1.29, 1.82) is 0 Å². The minimum Gasteiger partial charge on any atom is -0.508 e. The Bertz CT molecular complexity index is 595. The number of likely N-dealkylation sites (N-methyl/N-ethyl adjacent to an activating group) is 1. The number of benzene rings is 1. The van der Waals surface area contributed by atoms with E-state index in [4.69, 9.17) is 0 Å². The van der Waals surface area contributed by atoms with Gasteiger partial charge in [0, 0.05) is 12.6 Å². The van der Waals surface area contributed by atoms with Gasteiger partial charge in [-0.2, -0.15) is 5.10 Å². The molecule has 106 valence electrons. The van der Waals surface area contributed by atoms with Gasteiger partial charge in [0.25, 0.3) is 5.91 Å². The van der Waals surface area contributed by atoms with Crippen molar-refractivity contribution in [2.75, 3.05) is 11.4 Å². The minimum absolute atomic E-state index is 0.0910. The van der Waals surface area contributed by atoms with E-state index < -0.39 is 6.04 Å². The Kier molecular flexibility index (Phi) is 4.02. The van der Waals surface area contributed by atoms with Crippen LogP contribution in [0.4, 0.5) is 5.69 Å². The highest BCUT2D eigenvalue weighted by atomic mass is 16.3. The standard InChI is InChI=1S/C14H18N4O2/c1-4-17(13-7-12(19)6-5-10(13)2)14(20)11(3)18-9-15-8-16-18/h5-9,11,19H,4H2,1-3H3. The molecule has 6 nitrogen and oxygen atoms in total. The van der Waals surface area contributed by atoms with E-state index in [2.05, 4.69) is 10.1 Å². The molecule has 0 radical (unpaired) electrons. The monoisotopic (exact) mass is 274 g/mol. The zero-order valence-corrected chi connectivity index (χ0v) is 11.8. The molecule has 0 aliphatic heterocycles. The average molecular weight is 274 g/mol. The van der Waals surface area contributed by atoms with Crippen molar-refractivity contribution in [1.82, 2.24) is 14.8 Å². The van der Waals surface area contributed by atoms with Gasteiger partial charge in [-0.3, -0.25) is 4.79 Å². The molecular weight excluding hydrogens is 256 g/mol. The van der Waals surface area contributed by atoms with Crippen LogP contribution in [0.5, 0.6) is 5.75 Å². The first kappa shape index (κ1) is 14.0. The first-order valence-corrected chi connectivity index (χ1v) is 6.49. The van der Waals surface area contributed by atoms with Gasteiger partial charge in [-0.25, -0.2) is 9.67 Å². The van der Waals surface area contributed by atoms with Crippen molar-refractivity contribution in [3.63, 3.8) is 0 Å². The lowest BCUT2D eigenvalue weighted by atomic mass is 10.1. The van der Waals surface area contributed by atoms with Gasteiger partial charge in [-0.15, -0.1) is 0 Å². The number of phenolic OH excluding ortho intramolecular Hbond substituents is 1. The van der Waals surface area contributed by atoms with Crippen LogP contribution in [0.15, 0.2) is 30.9 Å². The van der Waals surface area contributed by atoms with Crippen molar-refractivity contribution >= 4 is 11.6 Å². The number of anilines is 1. The van der Waals surface area contributed by atoms with Gasteiger partial charge in [-0.1, -0.05) is 6.07 Å². The molecule has 0 saturated heterocycles. The summed E-state index contributed by atoms with van der Waals surface area (Å²) in [6.45, 7) is 6.10. The van der Waals surface area contributed by atoms with E-state index in [0.717, 1.165) is 5.56 Å². The normalized spacial score (nSPS) is 12.2. The molecule has 0 saturated carbocycles. The maximum atomic E-state index is 12.6. The number of aromatic nitrogens is 3. The second-order valence-corrected chi connectivity index (χ2v) is 4.60. The maximum absolute atomic E-state index is 12.6. The van der Waals surface area contributed by atoms with Gasteiger partial charge in [0.1, 0.15) is 24.4 Å². The Labute approximate surface area is 117 Å². The number of amides is 1. The number of carbonyl (C=O) groups excluding carboxylic acids is 1. The summed E-state index contributed by atoms with van der Waals surface area (Å²) in [5.41, 5.74) is 1.65. The van der Waals surface area contributed by atoms with Crippen LogP contribution in [-0.2, 0) is 4.79 Å². The first-order valence-electron chi connectivity index (χ1n) is 6.49. The number of hydrogen-bond acceptors (Lipinski definition) is 4. The Balaban J connectivity index is 2.32. The van der Waals surface area contributed by atoms with Crippen LogP contribution in [0.2, 0.25) is 0 Å². The number of aromatic hydroxyl groups is 1. The molecule has 1 amide bonds. The Morgan fingerprint density at radius 3 is 2.85 bits per heavy atom. The highest BCUT2D eigenvalue weighted by Crippen LogP contribution is 2.26. The zero-order valence-electron chi connectivity index (χ0n) is 11.8. The smallest absolute Gasteiger partial charge is 0.251 e. The molecule has 1 atom stereocenters. The lowest BCUT2D eigenvalue weighted by molar-refractivity contribution is -0.121. The summed E-state index contributed by atoms with van der Waals surface area (Å²) in [5.74, 6) is 0.0527. The molecule has 0 spiro atoms. The van der Waals surface area contributed by atoms with Crippen molar-refractivity contribution < 1.29 is 9.90 Å². The van der Waals surface area contributed by atoms with Crippen LogP contribution < -0.4 is 4.90 Å². The van der Waals surface area contributed by atoms with Gasteiger partial charge in [-0.05, 0) is 32.4 Å². The summed E-state index contributed by atoms with van der Waals surface area (Å²) in [4.78, 5) is 18.1. The number of carbonyl (C=O) groups is 1. The third-order valence-corrected chi connectivity index (χ3v) is 3.26. The number of phenols is 1. The predicted octanol–water partition coefficient (Wildman–Crippen LogP) is 1.91. The fraction of sp³-hybridized carbons (Fsp3) is 0.357. The van der Waals surface area contributed by atoms with E-state index in [1.807, 2.05) is 13.8 Å². The molecule has 2 rings (SSSR count). The Morgan fingerprint density at radius 2 is 2.25 bits per heavy atom. The van der Waals surface area contributed by atoms with Crippen LogP contribution in [0, 0.1) is 6.92 Å². The fourth-order valence-electron chi connectivity index (χ4n) is 2.09. The molecule has 0 aliphatic carbocycles. The summed E-state index contributed by atoms with van der Waals surface area (Å²) in [6.07, 6.45) is 2.92. The summed E-state index contributed by atoms with van der Waals surface area (Å²) in [7, 11) is 0. The van der Waals surface area contributed by atoms with E-state index >= 15 is 0 Å². The van der Waals surface area contributed by atoms with Crippen LogP contribution >= 0.6 is 0 Å². The third kappa shape index (κ3) is 2.64. The number of rotatable bonds is 4. The lowest BCUT2D eigenvalue weighted by Crippen LogP contribution is -2.36. The zero-order chi connectivity index (χ0) is 14.7. The van der Waals surface area contributed by atoms with E-state index in [1.165, 1.54) is 17.3 Å². The molecular formula is C14H18N4O2. The van der Waals surface area contributed by atoms with E-state index in [1.54, 1.807) is 30.0 Å². The maximum Gasteiger partial charge on any atom is 0.251 e. The third-order valence-electron chi connectivity index (χ3n) is 3.26. The lowest BCUT2D eigenvalue weighted by Gasteiger charge is -2.26. The van der Waals surface area contributed by atoms with Gasteiger partial charge in [0.05, 0.1) is 5.69 Å². The van der Waals surface area contributed by atoms with E-state index in [9.17, 15) is 9.90 Å². The average Bonchev–Trinajstić information content (AvgIpc) is 2.96. The second-order valence-electron chi connectivity index (χ2n) is 4.60. The van der Waals surface area contributed by atoms with Crippen molar-refractivity contribution in [2.24, 2.45) is 0 Å². The highest BCUT2D eigenvalue weighted by molar-refractivity contribution is 5.96. The quantitative estimate of drug-likeness (QED) is 0.924. The van der Waals surface area contributed by atoms with Crippen molar-refractivity contribution in [3.8, 4) is 5.75 Å². The van der Waals surface area contributed by atoms with E-state index in [-0.39, 0.29) is 11.7 Å². The molecule has 1 unspecified atom stereocenters. The molecule has 1 aromatic heterocycles. The van der Waals surface area contributed by atoms with Gasteiger partial charge >= 0.3 is 0 Å². The molecule has 1 heterocycles. The van der Waals surface area contributed by atoms with Crippen molar-refractivity contribution in [3.05, 3.63) is 36.4 Å². The summed E-state index contributed by atoms with van der Waals surface area (Å²) in [6, 6.07) is 4.56. The van der Waals surface area contributed by atoms with Crippen LogP contribution in [0.1, 0.15) is 25.5 Å². The summed E-state index contributed by atoms with van der Waals surface area (Å²) >= 11 is 0. The Hall–Kier alpha value is -2.37. The minimum atomic E-state index is -0.445. The van der Waals surface area contributed by atoms with Crippen LogP contribution in [-0.4, -0.2) is 32.3 Å². The van der Waals surface area contributed by atoms with Crippen LogP contribution in [0.25, 0.3) is 0 Å². The molecule has 1 N–H and O–H groups in total. The summed E-state index contributed by atoms with van der Waals surface area (Å²) in [5, 5.41) is 13.6. The van der Waals surface area contributed by atoms with Gasteiger partial charge < -0.3 is 10.0 Å². The second kappa shape index (κ2) is 5.73. The number of nitrogens with zero attached hydrogens (tertiary/aromatic N) is 4. The topological polar surface area (TPSA) is 71.2 Å². The van der Waals surface area contributed by atoms with Gasteiger partial charge in [0.2, 0.25) is 0 Å². The molecule has 6 heteroatoms. The largest absolute Gasteiger partial charge is 0.508 e. The SMILES string of the molecule is CCN(C(=O)C(C)n1cncn1)c1cc(O)ccc1C. The molecule has 20 heavy (non-hydrogen) atoms. The molecule has 0 fully saturated rings. The fourth-order valence-corrected chi connectivity index (χ4v) is 2.09. The predicted molar refractivity (Wildman–Crippen MR) is 75.6 cm³/mol. The molecule has 0 bridgehead atoms. The molecule has 0 aliphatic rings. The van der Waals surface area contributed by atoms with Crippen LogP contribution in [0.3, 0.4) is 0 Å². The van der Waals surface area contributed by atoms with E-state index in [0.29, 0.717) is 12.2 Å². The highest BCUT2D eigenvalue weighted by Gasteiger charge is 2.23. The number of aryl methyl sites for hydroxylation is 1. The first-order chi connectivity index (χ1) is 9.54.